The highest BCUT2D eigenvalue weighted by molar-refractivity contribution is 5.97. The molecule has 0 aliphatic rings. The van der Waals surface area contributed by atoms with Crippen molar-refractivity contribution in [2.75, 3.05) is 5.84 Å². The molecule has 3 rings (SSSR count). The fourth-order valence-corrected chi connectivity index (χ4v) is 2.48. The largest absolute Gasteiger partial charge is 0.333 e. The van der Waals surface area contributed by atoms with Crippen LogP contribution in [0.5, 0.6) is 0 Å². The normalized spacial score (nSPS) is 11.9. The van der Waals surface area contributed by atoms with Gasteiger partial charge in [-0.25, -0.2) is 0 Å². The number of nitrogen functional groups attached to an aromatic ring is 1. The summed E-state index contributed by atoms with van der Waals surface area (Å²) in [6.45, 7) is 3.43. The fraction of sp³-hybridized carbons (Fsp3) is 0.231. The lowest BCUT2D eigenvalue weighted by Gasteiger charge is -2.01. The van der Waals surface area contributed by atoms with Crippen LogP contribution in [0.3, 0.4) is 0 Å². The first-order valence-electron chi connectivity index (χ1n) is 6.04. The van der Waals surface area contributed by atoms with E-state index in [0.717, 1.165) is 4.57 Å². The van der Waals surface area contributed by atoms with Crippen LogP contribution in [0.1, 0.15) is 19.9 Å². The van der Waals surface area contributed by atoms with Gasteiger partial charge in [0.05, 0.1) is 21.5 Å². The molecule has 0 amide bonds. The second-order valence-corrected chi connectivity index (χ2v) is 5.00. The average Bonchev–Trinajstić information content (AvgIpc) is 2.77. The zero-order valence-corrected chi connectivity index (χ0v) is 10.8. The molecule has 102 valence electrons. The Morgan fingerprint density at radius 2 is 1.15 bits per heavy atom. The van der Waals surface area contributed by atoms with Crippen LogP contribution in [0.25, 0.3) is 21.5 Å². The summed E-state index contributed by atoms with van der Waals surface area (Å²) in [5.74, 6) is 5.33. The summed E-state index contributed by atoms with van der Waals surface area (Å²) in [5.41, 5.74) is -2.26. The molecule has 20 heavy (non-hydrogen) atoms. The minimum Gasteiger partial charge on any atom is -0.333 e. The Morgan fingerprint density at radius 1 is 0.800 bits per heavy atom. The van der Waals surface area contributed by atoms with Crippen molar-refractivity contribution in [3.8, 4) is 0 Å². The molecule has 0 fully saturated rings. The van der Waals surface area contributed by atoms with Crippen molar-refractivity contribution >= 4 is 21.5 Å². The van der Waals surface area contributed by atoms with Gasteiger partial charge in [-0.15, -0.1) is 0 Å². The molecule has 2 heterocycles. The van der Waals surface area contributed by atoms with Gasteiger partial charge >= 0.3 is 0 Å². The van der Waals surface area contributed by atoms with E-state index in [4.69, 9.17) is 5.84 Å². The van der Waals surface area contributed by atoms with Crippen LogP contribution >= 0.6 is 0 Å². The van der Waals surface area contributed by atoms with E-state index in [9.17, 15) is 19.2 Å². The number of aromatic nitrogens is 2. The van der Waals surface area contributed by atoms with Gasteiger partial charge < -0.3 is 5.84 Å². The summed E-state index contributed by atoms with van der Waals surface area (Å²) in [6, 6.07) is 2.26. The monoisotopic (exact) mass is 273 g/mol. The van der Waals surface area contributed by atoms with Crippen LogP contribution in [-0.4, -0.2) is 9.24 Å². The van der Waals surface area contributed by atoms with E-state index in [2.05, 4.69) is 0 Å². The van der Waals surface area contributed by atoms with Crippen LogP contribution in [0, 0.1) is 0 Å². The molecule has 0 radical (unpaired) electrons. The zero-order chi connectivity index (χ0) is 14.8. The van der Waals surface area contributed by atoms with Gasteiger partial charge in [0.15, 0.2) is 0 Å². The molecule has 1 aromatic carbocycles. The van der Waals surface area contributed by atoms with Crippen molar-refractivity contribution in [2.24, 2.45) is 0 Å². The van der Waals surface area contributed by atoms with Gasteiger partial charge in [0.2, 0.25) is 0 Å². The third-order valence-corrected chi connectivity index (χ3v) is 3.47. The number of nitrogens with two attached hydrogens (primary N) is 1. The Balaban J connectivity index is 2.66. The van der Waals surface area contributed by atoms with E-state index in [1.807, 2.05) is 0 Å². The van der Waals surface area contributed by atoms with Gasteiger partial charge in [-0.3, -0.25) is 23.7 Å². The van der Waals surface area contributed by atoms with E-state index < -0.39 is 22.2 Å². The molecule has 2 N–H and O–H groups in total. The number of benzene rings is 1. The molecule has 0 atom stereocenters. The molecular weight excluding hydrogens is 262 g/mol. The number of fused-ring (bicyclic) bond motifs is 2. The molecule has 0 bridgehead atoms. The standard InChI is InChI=1S/C13H11N3O4/c1-5(2)15-10(17)6-3-8-9(4-7(6)11(15)18)13(20)16(14)12(8)19/h3-5H,14H2,1-2H3. The van der Waals surface area contributed by atoms with Crippen LogP contribution in [0.15, 0.2) is 31.3 Å². The van der Waals surface area contributed by atoms with Gasteiger partial charge in [-0.05, 0) is 26.0 Å². The summed E-state index contributed by atoms with van der Waals surface area (Å²) in [7, 11) is 0. The molecule has 0 saturated heterocycles. The molecular formula is C13H11N3O4. The van der Waals surface area contributed by atoms with Gasteiger partial charge in [0.1, 0.15) is 0 Å². The maximum atomic E-state index is 12.2. The van der Waals surface area contributed by atoms with Gasteiger partial charge in [0, 0.05) is 6.04 Å². The fourth-order valence-electron chi connectivity index (χ4n) is 2.48. The van der Waals surface area contributed by atoms with Crippen molar-refractivity contribution in [3.63, 3.8) is 0 Å². The minimum absolute atomic E-state index is 0.0583. The van der Waals surface area contributed by atoms with Crippen LogP contribution in [0.2, 0.25) is 0 Å². The molecule has 0 spiro atoms. The number of hydrogen-bond acceptors (Lipinski definition) is 5. The van der Waals surface area contributed by atoms with Gasteiger partial charge in [-0.2, -0.15) is 4.68 Å². The highest BCUT2D eigenvalue weighted by atomic mass is 16.2. The van der Waals surface area contributed by atoms with Crippen LogP contribution < -0.4 is 28.1 Å². The first-order valence-corrected chi connectivity index (χ1v) is 6.04. The summed E-state index contributed by atoms with van der Waals surface area (Å²) in [5, 5.41) is 0.392. The third kappa shape index (κ3) is 1.29. The highest BCUT2D eigenvalue weighted by Crippen LogP contribution is 2.15. The molecule has 2 aromatic heterocycles. The number of nitrogens with zero attached hydrogens (tertiary/aromatic N) is 2. The molecule has 7 nitrogen and oxygen atoms in total. The summed E-state index contributed by atoms with van der Waals surface area (Å²) in [4.78, 5) is 47.9. The highest BCUT2D eigenvalue weighted by Gasteiger charge is 2.19. The van der Waals surface area contributed by atoms with Crippen LogP contribution in [-0.2, 0) is 0 Å². The summed E-state index contributed by atoms with van der Waals surface area (Å²) in [6.07, 6.45) is 0. The van der Waals surface area contributed by atoms with Crippen molar-refractivity contribution < 1.29 is 0 Å². The Hall–Kier alpha value is -2.70. The van der Waals surface area contributed by atoms with Crippen molar-refractivity contribution in [1.29, 1.82) is 0 Å². The Labute approximate surface area is 111 Å². The van der Waals surface area contributed by atoms with E-state index >= 15 is 0 Å². The minimum atomic E-state index is -0.670. The second-order valence-electron chi connectivity index (χ2n) is 5.00. The Bertz CT molecular complexity index is 983. The number of hydrogen-bond donors (Lipinski definition) is 1. The SMILES string of the molecule is CC(C)n1c(=O)c2cc3c(=O)n(N)c(=O)c3cc2c1=O. The van der Waals surface area contributed by atoms with E-state index in [-0.39, 0.29) is 27.6 Å². The summed E-state index contributed by atoms with van der Waals surface area (Å²) < 4.78 is 1.59. The lowest BCUT2D eigenvalue weighted by molar-refractivity contribution is 0.574. The number of rotatable bonds is 1. The molecule has 7 heteroatoms. The van der Waals surface area contributed by atoms with E-state index in [1.54, 1.807) is 13.8 Å². The molecule has 0 aliphatic carbocycles. The topological polar surface area (TPSA) is 104 Å². The van der Waals surface area contributed by atoms with E-state index in [0.29, 0.717) is 4.68 Å². The molecule has 3 aromatic rings. The van der Waals surface area contributed by atoms with Crippen LogP contribution in [0.4, 0.5) is 0 Å². The Kier molecular flexibility index (Phi) is 2.26. The zero-order valence-electron chi connectivity index (χ0n) is 10.8. The smallest absolute Gasteiger partial charge is 0.280 e. The third-order valence-electron chi connectivity index (χ3n) is 3.47. The average molecular weight is 273 g/mol. The van der Waals surface area contributed by atoms with Crippen molar-refractivity contribution in [2.45, 2.75) is 19.9 Å². The Morgan fingerprint density at radius 3 is 1.50 bits per heavy atom. The van der Waals surface area contributed by atoms with E-state index in [1.165, 1.54) is 12.1 Å². The maximum Gasteiger partial charge on any atom is 0.280 e. The molecule has 0 aliphatic heterocycles. The quantitative estimate of drug-likeness (QED) is 0.585. The van der Waals surface area contributed by atoms with Gasteiger partial charge in [-0.1, -0.05) is 0 Å². The molecule has 0 unspecified atom stereocenters. The molecule has 0 saturated carbocycles. The maximum absolute atomic E-state index is 12.2. The van der Waals surface area contributed by atoms with Crippen molar-refractivity contribution in [1.82, 2.24) is 9.24 Å². The first kappa shape index (κ1) is 12.3. The predicted octanol–water partition coefficient (Wildman–Crippen LogP) is -0.793. The van der Waals surface area contributed by atoms with Gasteiger partial charge in [0.25, 0.3) is 22.2 Å². The first-order chi connectivity index (χ1) is 9.34. The summed E-state index contributed by atoms with van der Waals surface area (Å²) >= 11 is 0. The second kappa shape index (κ2) is 3.66. The van der Waals surface area contributed by atoms with Crippen molar-refractivity contribution in [3.05, 3.63) is 53.5 Å². The predicted molar refractivity (Wildman–Crippen MR) is 75.4 cm³/mol. The lowest BCUT2D eigenvalue weighted by atomic mass is 10.1. The lowest BCUT2D eigenvalue weighted by Crippen LogP contribution is -2.32.